The number of aromatic nitrogens is 2. The molecule has 1 N–H and O–H groups in total. The van der Waals surface area contributed by atoms with Crippen molar-refractivity contribution in [2.45, 2.75) is 6.42 Å². The smallest absolute Gasteiger partial charge is 0.231 e. The molecule has 2 aromatic heterocycles. The number of amides is 2. The van der Waals surface area contributed by atoms with E-state index in [1.165, 1.54) is 23.3 Å². The minimum Gasteiger partial charge on any atom is -0.495 e. The number of pyridine rings is 1. The average Bonchev–Trinajstić information content (AvgIpc) is 3.35. The van der Waals surface area contributed by atoms with E-state index in [0.29, 0.717) is 21.6 Å². The molecule has 1 saturated heterocycles. The van der Waals surface area contributed by atoms with E-state index in [2.05, 4.69) is 15.3 Å². The molecular weight excluding hydrogens is 412 g/mol. The van der Waals surface area contributed by atoms with Crippen molar-refractivity contribution in [3.63, 3.8) is 0 Å². The van der Waals surface area contributed by atoms with Crippen molar-refractivity contribution in [2.24, 2.45) is 5.92 Å². The van der Waals surface area contributed by atoms with Gasteiger partial charge in [-0.25, -0.2) is 4.98 Å². The number of carbonyl (C=O) groups is 2. The molecule has 0 bridgehead atoms. The molecule has 1 unspecified atom stereocenters. The van der Waals surface area contributed by atoms with Gasteiger partial charge in [0.15, 0.2) is 5.13 Å². The topological polar surface area (TPSA) is 84.4 Å². The highest BCUT2D eigenvalue weighted by atomic mass is 35.5. The van der Waals surface area contributed by atoms with E-state index in [1.807, 2.05) is 17.5 Å². The van der Waals surface area contributed by atoms with Gasteiger partial charge in [-0.05, 0) is 30.3 Å². The number of methoxy groups -OCH3 is 1. The molecule has 3 aromatic rings. The minimum atomic E-state index is -0.489. The Morgan fingerprint density at radius 3 is 3.00 bits per heavy atom. The van der Waals surface area contributed by atoms with Crippen LogP contribution in [0.5, 0.6) is 5.75 Å². The Morgan fingerprint density at radius 2 is 2.24 bits per heavy atom. The first-order chi connectivity index (χ1) is 14.0. The van der Waals surface area contributed by atoms with Crippen LogP contribution < -0.4 is 15.0 Å². The van der Waals surface area contributed by atoms with E-state index in [0.717, 1.165) is 11.3 Å². The van der Waals surface area contributed by atoms with Crippen LogP contribution in [0.15, 0.2) is 48.1 Å². The summed E-state index contributed by atoms with van der Waals surface area (Å²) in [6, 6.07) is 8.79. The summed E-state index contributed by atoms with van der Waals surface area (Å²) >= 11 is 7.41. The van der Waals surface area contributed by atoms with Crippen LogP contribution >= 0.6 is 22.9 Å². The van der Waals surface area contributed by atoms with Crippen LogP contribution in [0.1, 0.15) is 6.42 Å². The van der Waals surface area contributed by atoms with Crippen LogP contribution in [-0.2, 0) is 9.59 Å². The molecule has 1 atom stereocenters. The highest BCUT2D eigenvalue weighted by Gasteiger charge is 2.36. The van der Waals surface area contributed by atoms with Crippen molar-refractivity contribution >= 4 is 45.6 Å². The molecule has 1 aliphatic rings. The highest BCUT2D eigenvalue weighted by Crippen LogP contribution is 2.35. The molecule has 0 aliphatic carbocycles. The van der Waals surface area contributed by atoms with Crippen LogP contribution in [0, 0.1) is 5.92 Å². The van der Waals surface area contributed by atoms with Crippen molar-refractivity contribution in [3.8, 4) is 17.0 Å². The van der Waals surface area contributed by atoms with Gasteiger partial charge in [0.05, 0.1) is 24.4 Å². The lowest BCUT2D eigenvalue weighted by atomic mass is 10.1. The molecule has 1 aliphatic heterocycles. The van der Waals surface area contributed by atoms with E-state index < -0.39 is 5.92 Å². The Hall–Kier alpha value is -2.97. The maximum atomic E-state index is 12.7. The molecule has 9 heteroatoms. The zero-order valence-electron chi connectivity index (χ0n) is 15.5. The Bertz CT molecular complexity index is 1060. The molecule has 148 valence electrons. The largest absolute Gasteiger partial charge is 0.495 e. The second-order valence-electron chi connectivity index (χ2n) is 6.49. The van der Waals surface area contributed by atoms with Crippen LogP contribution in [0.2, 0.25) is 5.02 Å². The van der Waals surface area contributed by atoms with Gasteiger partial charge >= 0.3 is 0 Å². The lowest BCUT2D eigenvalue weighted by Gasteiger charge is -2.19. The van der Waals surface area contributed by atoms with Crippen molar-refractivity contribution in [3.05, 3.63) is 53.1 Å². The van der Waals surface area contributed by atoms with Gasteiger partial charge in [0.1, 0.15) is 5.75 Å². The molecular formula is C20H17ClN4O3S. The number of nitrogens with one attached hydrogen (secondary N) is 1. The number of hydrogen-bond acceptors (Lipinski definition) is 6. The molecule has 2 amide bonds. The Morgan fingerprint density at radius 1 is 1.38 bits per heavy atom. The van der Waals surface area contributed by atoms with Gasteiger partial charge in [0.25, 0.3) is 0 Å². The average molecular weight is 429 g/mol. The van der Waals surface area contributed by atoms with Crippen LogP contribution in [0.3, 0.4) is 0 Å². The zero-order chi connectivity index (χ0) is 20.4. The standard InChI is InChI=1S/C20H17ClN4O3S/c1-28-17-5-4-14(21)8-16(17)25-10-13(7-18(25)26)19(27)24-20-23-15(11-29-20)12-3-2-6-22-9-12/h2-6,8-9,11,13H,7,10H2,1H3,(H,23,24,27). The van der Waals surface area contributed by atoms with Gasteiger partial charge in [-0.2, -0.15) is 0 Å². The monoisotopic (exact) mass is 428 g/mol. The normalized spacial score (nSPS) is 16.1. The van der Waals surface area contributed by atoms with Crippen molar-refractivity contribution in [2.75, 3.05) is 23.9 Å². The summed E-state index contributed by atoms with van der Waals surface area (Å²) in [4.78, 5) is 35.3. The second-order valence-corrected chi connectivity index (χ2v) is 7.78. The van der Waals surface area contributed by atoms with Gasteiger partial charge < -0.3 is 15.0 Å². The fourth-order valence-electron chi connectivity index (χ4n) is 3.18. The van der Waals surface area contributed by atoms with E-state index in [9.17, 15) is 9.59 Å². The summed E-state index contributed by atoms with van der Waals surface area (Å²) < 4.78 is 5.33. The van der Waals surface area contributed by atoms with Gasteiger partial charge in [-0.3, -0.25) is 14.6 Å². The number of rotatable bonds is 5. The third-order valence-corrected chi connectivity index (χ3v) is 5.61. The number of nitrogens with zero attached hydrogens (tertiary/aromatic N) is 3. The predicted octanol–water partition coefficient (Wildman–Crippen LogP) is 3.86. The van der Waals surface area contributed by atoms with Crippen molar-refractivity contribution in [1.29, 1.82) is 0 Å². The van der Waals surface area contributed by atoms with Gasteiger partial charge in [0.2, 0.25) is 11.8 Å². The summed E-state index contributed by atoms with van der Waals surface area (Å²) in [5.41, 5.74) is 2.18. The van der Waals surface area contributed by atoms with E-state index in [-0.39, 0.29) is 24.8 Å². The first-order valence-corrected chi connectivity index (χ1v) is 10.1. The number of carbonyl (C=O) groups excluding carboxylic acids is 2. The lowest BCUT2D eigenvalue weighted by molar-refractivity contribution is -0.122. The van der Waals surface area contributed by atoms with Crippen molar-refractivity contribution in [1.82, 2.24) is 9.97 Å². The Kier molecular flexibility index (Phi) is 5.46. The summed E-state index contributed by atoms with van der Waals surface area (Å²) in [5.74, 6) is -0.350. The maximum absolute atomic E-state index is 12.7. The van der Waals surface area contributed by atoms with Crippen molar-refractivity contribution < 1.29 is 14.3 Å². The fourth-order valence-corrected chi connectivity index (χ4v) is 4.06. The number of thiazole rings is 1. The predicted molar refractivity (Wildman–Crippen MR) is 112 cm³/mol. The number of hydrogen-bond donors (Lipinski definition) is 1. The Labute approximate surface area is 176 Å². The van der Waals surface area contributed by atoms with Crippen LogP contribution in [-0.4, -0.2) is 35.4 Å². The minimum absolute atomic E-state index is 0.113. The maximum Gasteiger partial charge on any atom is 0.231 e. The SMILES string of the molecule is COc1ccc(Cl)cc1N1CC(C(=O)Nc2nc(-c3cccnc3)cs2)CC1=O. The summed E-state index contributed by atoms with van der Waals surface area (Å²) in [7, 11) is 1.53. The summed E-state index contributed by atoms with van der Waals surface area (Å²) in [6.45, 7) is 0.252. The second kappa shape index (κ2) is 8.18. The molecule has 4 rings (SSSR count). The number of halogens is 1. The first kappa shape index (κ1) is 19.4. The van der Waals surface area contributed by atoms with E-state index in [1.54, 1.807) is 30.6 Å². The fraction of sp³-hybridized carbons (Fsp3) is 0.200. The zero-order valence-corrected chi connectivity index (χ0v) is 17.0. The molecule has 29 heavy (non-hydrogen) atoms. The molecule has 7 nitrogen and oxygen atoms in total. The van der Waals surface area contributed by atoms with Gasteiger partial charge in [-0.1, -0.05) is 11.6 Å². The van der Waals surface area contributed by atoms with Crippen LogP contribution in [0.25, 0.3) is 11.3 Å². The van der Waals surface area contributed by atoms with Crippen LogP contribution in [0.4, 0.5) is 10.8 Å². The quantitative estimate of drug-likeness (QED) is 0.667. The molecule has 1 fully saturated rings. The molecule has 0 saturated carbocycles. The van der Waals surface area contributed by atoms with Gasteiger partial charge in [0, 0.05) is 41.3 Å². The third kappa shape index (κ3) is 4.08. The lowest BCUT2D eigenvalue weighted by Crippen LogP contribution is -2.28. The Balaban J connectivity index is 1.46. The summed E-state index contributed by atoms with van der Waals surface area (Å²) in [5, 5.41) is 5.65. The van der Waals surface area contributed by atoms with E-state index in [4.69, 9.17) is 16.3 Å². The van der Waals surface area contributed by atoms with Gasteiger partial charge in [-0.15, -0.1) is 11.3 Å². The molecule has 0 radical (unpaired) electrons. The third-order valence-electron chi connectivity index (χ3n) is 4.62. The highest BCUT2D eigenvalue weighted by molar-refractivity contribution is 7.14. The molecule has 3 heterocycles. The summed E-state index contributed by atoms with van der Waals surface area (Å²) in [6.07, 6.45) is 3.52. The number of benzene rings is 1. The molecule has 0 spiro atoms. The number of anilines is 2. The van der Waals surface area contributed by atoms with E-state index >= 15 is 0 Å². The first-order valence-electron chi connectivity index (χ1n) is 8.86. The molecule has 1 aromatic carbocycles. The number of ether oxygens (including phenoxy) is 1.